The summed E-state index contributed by atoms with van der Waals surface area (Å²) in [6, 6.07) is 47.2. The van der Waals surface area contributed by atoms with Gasteiger partial charge in [-0.25, -0.2) is 0 Å². The summed E-state index contributed by atoms with van der Waals surface area (Å²) >= 11 is 0. The maximum atomic E-state index is 4.78. The Kier molecular flexibility index (Phi) is 12.2. The predicted octanol–water partition coefficient (Wildman–Crippen LogP) is 14.9. The summed E-state index contributed by atoms with van der Waals surface area (Å²) in [5.41, 5.74) is 26.2. The highest BCUT2D eigenvalue weighted by Gasteiger charge is 2.20. The first kappa shape index (κ1) is 42.2. The van der Waals surface area contributed by atoms with Crippen LogP contribution in [0.5, 0.6) is 0 Å². The monoisotopic (exact) mass is 809 g/mol. The second-order valence-corrected chi connectivity index (χ2v) is 18.4. The van der Waals surface area contributed by atoms with Gasteiger partial charge in [0.2, 0.25) is 0 Å². The fourth-order valence-corrected chi connectivity index (χ4v) is 8.74. The van der Waals surface area contributed by atoms with E-state index in [4.69, 9.17) is 4.98 Å². The minimum absolute atomic E-state index is 0.0575. The molecule has 0 spiro atoms. The zero-order valence-electron chi connectivity index (χ0n) is 38.0. The Morgan fingerprint density at radius 2 is 0.710 bits per heavy atom. The van der Waals surface area contributed by atoms with Crippen LogP contribution in [0.15, 0.2) is 146 Å². The molecule has 0 fully saturated rings. The molecule has 8 rings (SSSR count). The van der Waals surface area contributed by atoms with Gasteiger partial charge in [-0.1, -0.05) is 112 Å². The molecule has 0 saturated heterocycles. The van der Waals surface area contributed by atoms with Gasteiger partial charge in [0.25, 0.3) is 0 Å². The first-order chi connectivity index (χ1) is 29.8. The van der Waals surface area contributed by atoms with Gasteiger partial charge in [-0.15, -0.1) is 0 Å². The van der Waals surface area contributed by atoms with Crippen molar-refractivity contribution >= 4 is 0 Å². The fourth-order valence-electron chi connectivity index (χ4n) is 8.74. The zero-order chi connectivity index (χ0) is 43.5. The lowest BCUT2D eigenvalue weighted by Crippen LogP contribution is -2.11. The normalized spacial score (nSPS) is 11.6. The molecule has 310 valence electrons. The maximum Gasteiger partial charge on any atom is 0.0704 e. The molecule has 62 heavy (non-hydrogen) atoms. The molecule has 0 aliphatic heterocycles. The average molecular weight is 810 g/mol. The van der Waals surface area contributed by atoms with Crippen molar-refractivity contribution in [3.8, 4) is 56.0 Å². The Labute approximate surface area is 370 Å². The van der Waals surface area contributed by atoms with E-state index >= 15 is 0 Å². The Morgan fingerprint density at radius 3 is 1.15 bits per heavy atom. The van der Waals surface area contributed by atoms with Crippen molar-refractivity contribution in [1.82, 2.24) is 15.0 Å². The molecule has 0 atom stereocenters. The van der Waals surface area contributed by atoms with Gasteiger partial charge in [0.15, 0.2) is 0 Å². The molecule has 3 heterocycles. The summed E-state index contributed by atoms with van der Waals surface area (Å²) < 4.78 is 0. The van der Waals surface area contributed by atoms with Crippen LogP contribution >= 0.6 is 0 Å². The molecule has 0 N–H and O–H groups in total. The standard InChI is InChI=1S/C59H59N3/c1-38-26-29-60-54(32-38)48-18-14-44(15-19-48)10-12-46-34-47(13-11-45-16-20-49(21-17-45)55-33-39(2)27-30-61-55)36-52(35-46)58-43(6)41(4)40(3)42(5)57(58)51-24-22-50(23-25-51)56-37-53(28-31-62-56)59(7,8)9/h14-37H,10-13H2,1-9H3. The highest BCUT2D eigenvalue weighted by molar-refractivity contribution is 5.90. The van der Waals surface area contributed by atoms with E-state index < -0.39 is 0 Å². The van der Waals surface area contributed by atoms with Crippen LogP contribution in [0.25, 0.3) is 56.0 Å². The highest BCUT2D eigenvalue weighted by Crippen LogP contribution is 2.42. The molecule has 3 heteroatoms. The van der Waals surface area contributed by atoms with Crippen molar-refractivity contribution < 1.29 is 0 Å². The number of benzene rings is 5. The van der Waals surface area contributed by atoms with Crippen molar-refractivity contribution in [2.45, 2.75) is 93.4 Å². The number of aromatic nitrogens is 3. The smallest absolute Gasteiger partial charge is 0.0704 e. The molecule has 0 radical (unpaired) electrons. The second kappa shape index (κ2) is 17.9. The van der Waals surface area contributed by atoms with Crippen molar-refractivity contribution in [3.63, 3.8) is 0 Å². The molecule has 0 saturated carbocycles. The molecule has 0 amide bonds. The number of hydrogen-bond donors (Lipinski definition) is 0. The quantitative estimate of drug-likeness (QED) is 0.131. The Hall–Kier alpha value is -6.45. The van der Waals surface area contributed by atoms with Gasteiger partial charge in [-0.3, -0.25) is 15.0 Å². The number of pyridine rings is 3. The lowest BCUT2D eigenvalue weighted by Gasteiger charge is -2.23. The second-order valence-electron chi connectivity index (χ2n) is 18.4. The molecule has 0 bridgehead atoms. The minimum Gasteiger partial charge on any atom is -0.256 e. The number of rotatable bonds is 11. The van der Waals surface area contributed by atoms with E-state index in [1.165, 1.54) is 83.5 Å². The van der Waals surface area contributed by atoms with Gasteiger partial charge in [0.1, 0.15) is 0 Å². The van der Waals surface area contributed by atoms with Crippen LogP contribution in [0.1, 0.15) is 82.0 Å². The third kappa shape index (κ3) is 9.38. The van der Waals surface area contributed by atoms with Crippen molar-refractivity contribution in [2.75, 3.05) is 0 Å². The van der Waals surface area contributed by atoms with Crippen LogP contribution in [0.2, 0.25) is 0 Å². The number of aryl methyl sites for hydroxylation is 6. The van der Waals surface area contributed by atoms with Crippen LogP contribution < -0.4 is 0 Å². The first-order valence-electron chi connectivity index (χ1n) is 22.2. The Balaban J connectivity index is 1.15. The molecule has 0 aliphatic carbocycles. The van der Waals surface area contributed by atoms with E-state index in [2.05, 4.69) is 188 Å². The predicted molar refractivity (Wildman–Crippen MR) is 262 cm³/mol. The van der Waals surface area contributed by atoms with Crippen LogP contribution in [-0.4, -0.2) is 15.0 Å². The third-order valence-electron chi connectivity index (χ3n) is 12.9. The van der Waals surface area contributed by atoms with Gasteiger partial charge in [-0.2, -0.15) is 0 Å². The van der Waals surface area contributed by atoms with Gasteiger partial charge in [-0.05, 0) is 192 Å². The van der Waals surface area contributed by atoms with Crippen molar-refractivity contribution in [1.29, 1.82) is 0 Å². The Morgan fingerprint density at radius 1 is 0.339 bits per heavy atom. The van der Waals surface area contributed by atoms with E-state index in [1.807, 2.05) is 30.7 Å². The molecular formula is C59H59N3. The van der Waals surface area contributed by atoms with E-state index in [0.29, 0.717) is 0 Å². The maximum absolute atomic E-state index is 4.78. The van der Waals surface area contributed by atoms with Crippen LogP contribution in [0.4, 0.5) is 0 Å². The number of nitrogens with zero attached hydrogens (tertiary/aromatic N) is 3. The van der Waals surface area contributed by atoms with Gasteiger partial charge in [0.05, 0.1) is 17.1 Å². The third-order valence-corrected chi connectivity index (χ3v) is 12.9. The fraction of sp³-hybridized carbons (Fsp3) is 0.237. The van der Waals surface area contributed by atoms with Crippen LogP contribution in [-0.2, 0) is 31.1 Å². The summed E-state index contributed by atoms with van der Waals surface area (Å²) in [5.74, 6) is 0. The van der Waals surface area contributed by atoms with E-state index in [9.17, 15) is 0 Å². The lowest BCUT2D eigenvalue weighted by molar-refractivity contribution is 0.589. The summed E-state index contributed by atoms with van der Waals surface area (Å²) in [6.45, 7) is 20.2. The molecule has 8 aromatic rings. The van der Waals surface area contributed by atoms with Gasteiger partial charge in [0, 0.05) is 35.3 Å². The van der Waals surface area contributed by atoms with Crippen molar-refractivity contribution in [2.24, 2.45) is 0 Å². The van der Waals surface area contributed by atoms with Gasteiger partial charge < -0.3 is 0 Å². The molecule has 3 nitrogen and oxygen atoms in total. The Bertz CT molecular complexity index is 2750. The van der Waals surface area contributed by atoms with Gasteiger partial charge >= 0.3 is 0 Å². The molecule has 0 unspecified atom stereocenters. The minimum atomic E-state index is 0.0575. The average Bonchev–Trinajstić information content (AvgIpc) is 3.28. The SMILES string of the molecule is Cc1ccnc(-c2ccc(CCc3cc(CCc4ccc(-c5cc(C)ccn5)cc4)cc(-c4c(C)c(C)c(C)c(C)c4-c4ccc(-c5cc(C(C)(C)C)ccn5)cc4)c3)cc2)c1. The summed E-state index contributed by atoms with van der Waals surface area (Å²) in [6.07, 6.45) is 9.56. The van der Waals surface area contributed by atoms with E-state index in [1.54, 1.807) is 0 Å². The molecular weight excluding hydrogens is 751 g/mol. The molecule has 0 aliphatic rings. The molecule has 5 aromatic carbocycles. The largest absolute Gasteiger partial charge is 0.256 e. The molecule has 3 aromatic heterocycles. The van der Waals surface area contributed by atoms with Crippen LogP contribution in [0, 0.1) is 41.5 Å². The lowest BCUT2D eigenvalue weighted by atomic mass is 9.81. The van der Waals surface area contributed by atoms with E-state index in [0.717, 1.165) is 59.5 Å². The topological polar surface area (TPSA) is 38.7 Å². The summed E-state index contributed by atoms with van der Waals surface area (Å²) in [7, 11) is 0. The van der Waals surface area contributed by atoms with Crippen molar-refractivity contribution in [3.05, 3.63) is 207 Å². The summed E-state index contributed by atoms with van der Waals surface area (Å²) in [4.78, 5) is 14.0. The summed E-state index contributed by atoms with van der Waals surface area (Å²) in [5, 5.41) is 0. The first-order valence-corrected chi connectivity index (χ1v) is 22.2. The highest BCUT2D eigenvalue weighted by atomic mass is 14.7. The zero-order valence-corrected chi connectivity index (χ0v) is 38.0. The van der Waals surface area contributed by atoms with E-state index in [-0.39, 0.29) is 5.41 Å². The van der Waals surface area contributed by atoms with Crippen LogP contribution in [0.3, 0.4) is 0 Å². The number of hydrogen-bond acceptors (Lipinski definition) is 3.